The standard InChI is InChI=1S/C10H14N6/c1-3-12-10-14-9(11)16(15-10)8-6-7(2)4-5-13-8/h4-6H,3H2,1-2H3,(H3,11,12,14,15). The highest BCUT2D eigenvalue weighted by Crippen LogP contribution is 2.12. The Morgan fingerprint density at radius 1 is 1.50 bits per heavy atom. The van der Waals surface area contributed by atoms with Crippen LogP contribution in [-0.4, -0.2) is 26.3 Å². The summed E-state index contributed by atoms with van der Waals surface area (Å²) in [5.74, 6) is 1.52. The average molecular weight is 218 g/mol. The van der Waals surface area contributed by atoms with Crippen LogP contribution in [0.25, 0.3) is 5.82 Å². The number of hydrogen-bond donors (Lipinski definition) is 2. The van der Waals surface area contributed by atoms with Gasteiger partial charge in [0.2, 0.25) is 11.9 Å². The van der Waals surface area contributed by atoms with Gasteiger partial charge in [-0.1, -0.05) is 0 Å². The lowest BCUT2D eigenvalue weighted by molar-refractivity contribution is 0.854. The number of nitrogens with zero attached hydrogens (tertiary/aromatic N) is 4. The van der Waals surface area contributed by atoms with Crippen molar-refractivity contribution in [2.45, 2.75) is 13.8 Å². The molecule has 3 N–H and O–H groups in total. The Labute approximate surface area is 93.5 Å². The van der Waals surface area contributed by atoms with Crippen molar-refractivity contribution < 1.29 is 0 Å². The molecule has 0 saturated carbocycles. The number of aryl methyl sites for hydroxylation is 1. The van der Waals surface area contributed by atoms with Crippen molar-refractivity contribution in [3.8, 4) is 5.82 Å². The molecule has 2 aromatic rings. The number of anilines is 2. The van der Waals surface area contributed by atoms with E-state index in [1.54, 1.807) is 6.20 Å². The highest BCUT2D eigenvalue weighted by Gasteiger charge is 2.08. The molecule has 0 saturated heterocycles. The third-order valence-corrected chi connectivity index (χ3v) is 2.09. The molecule has 0 spiro atoms. The van der Waals surface area contributed by atoms with Crippen molar-refractivity contribution in [2.75, 3.05) is 17.6 Å². The van der Waals surface area contributed by atoms with Crippen molar-refractivity contribution in [3.05, 3.63) is 23.9 Å². The summed E-state index contributed by atoms with van der Waals surface area (Å²) in [7, 11) is 0. The molecular formula is C10H14N6. The van der Waals surface area contributed by atoms with E-state index < -0.39 is 0 Å². The first-order valence-electron chi connectivity index (χ1n) is 5.10. The van der Waals surface area contributed by atoms with Gasteiger partial charge in [0.25, 0.3) is 0 Å². The summed E-state index contributed by atoms with van der Waals surface area (Å²) in [6.07, 6.45) is 1.72. The molecule has 0 aliphatic carbocycles. The van der Waals surface area contributed by atoms with Crippen LogP contribution in [0.15, 0.2) is 18.3 Å². The molecule has 0 unspecified atom stereocenters. The third-order valence-electron chi connectivity index (χ3n) is 2.09. The molecule has 0 fully saturated rings. The second-order valence-electron chi connectivity index (χ2n) is 3.43. The highest BCUT2D eigenvalue weighted by molar-refractivity contribution is 5.39. The zero-order valence-corrected chi connectivity index (χ0v) is 9.31. The van der Waals surface area contributed by atoms with E-state index in [4.69, 9.17) is 5.73 Å². The van der Waals surface area contributed by atoms with E-state index in [-0.39, 0.29) is 0 Å². The van der Waals surface area contributed by atoms with E-state index in [9.17, 15) is 0 Å². The van der Waals surface area contributed by atoms with E-state index in [1.165, 1.54) is 4.68 Å². The zero-order valence-electron chi connectivity index (χ0n) is 9.31. The molecular weight excluding hydrogens is 204 g/mol. The number of nitrogens with two attached hydrogens (primary N) is 1. The number of hydrogen-bond acceptors (Lipinski definition) is 5. The molecule has 2 rings (SSSR count). The van der Waals surface area contributed by atoms with Gasteiger partial charge in [-0.3, -0.25) is 0 Å². The predicted molar refractivity (Wildman–Crippen MR) is 62.5 cm³/mol. The van der Waals surface area contributed by atoms with Crippen LogP contribution in [0.5, 0.6) is 0 Å². The second kappa shape index (κ2) is 4.18. The third kappa shape index (κ3) is 1.95. The lowest BCUT2D eigenvalue weighted by Crippen LogP contribution is -2.05. The molecule has 6 nitrogen and oxygen atoms in total. The van der Waals surface area contributed by atoms with Gasteiger partial charge in [-0.2, -0.15) is 9.67 Å². The van der Waals surface area contributed by atoms with Crippen LogP contribution in [0.4, 0.5) is 11.9 Å². The first-order chi connectivity index (χ1) is 7.70. The van der Waals surface area contributed by atoms with Crippen LogP contribution in [0, 0.1) is 6.92 Å². The van der Waals surface area contributed by atoms with Crippen molar-refractivity contribution in [2.24, 2.45) is 0 Å². The fraction of sp³-hybridized carbons (Fsp3) is 0.300. The summed E-state index contributed by atoms with van der Waals surface area (Å²) in [4.78, 5) is 8.28. The zero-order chi connectivity index (χ0) is 11.5. The van der Waals surface area contributed by atoms with Crippen LogP contribution in [0.3, 0.4) is 0 Å². The average Bonchev–Trinajstić information content (AvgIpc) is 2.60. The monoisotopic (exact) mass is 218 g/mol. The lowest BCUT2D eigenvalue weighted by atomic mass is 10.3. The Balaban J connectivity index is 2.40. The minimum atomic E-state index is 0.328. The maximum Gasteiger partial charge on any atom is 0.244 e. The molecule has 0 aromatic carbocycles. The van der Waals surface area contributed by atoms with Crippen molar-refractivity contribution >= 4 is 11.9 Å². The van der Waals surface area contributed by atoms with Gasteiger partial charge in [0.15, 0.2) is 5.82 Å². The van der Waals surface area contributed by atoms with Crippen LogP contribution >= 0.6 is 0 Å². The van der Waals surface area contributed by atoms with Crippen molar-refractivity contribution in [1.82, 2.24) is 19.7 Å². The van der Waals surface area contributed by atoms with E-state index in [0.29, 0.717) is 17.7 Å². The van der Waals surface area contributed by atoms with Crippen LogP contribution < -0.4 is 11.1 Å². The molecule has 0 radical (unpaired) electrons. The Kier molecular flexibility index (Phi) is 2.72. The Morgan fingerprint density at radius 3 is 3.00 bits per heavy atom. The van der Waals surface area contributed by atoms with E-state index in [2.05, 4.69) is 20.4 Å². The maximum atomic E-state index is 5.76. The first-order valence-corrected chi connectivity index (χ1v) is 5.10. The van der Waals surface area contributed by atoms with Crippen molar-refractivity contribution in [3.63, 3.8) is 0 Å². The fourth-order valence-corrected chi connectivity index (χ4v) is 1.36. The molecule has 16 heavy (non-hydrogen) atoms. The highest BCUT2D eigenvalue weighted by atomic mass is 15.4. The predicted octanol–water partition coefficient (Wildman–Crippen LogP) is 0.985. The minimum Gasteiger partial charge on any atom is -0.368 e. The minimum absolute atomic E-state index is 0.328. The van der Waals surface area contributed by atoms with Gasteiger partial charge in [0.1, 0.15) is 0 Å². The van der Waals surface area contributed by atoms with E-state index >= 15 is 0 Å². The number of rotatable bonds is 3. The van der Waals surface area contributed by atoms with E-state index in [0.717, 1.165) is 12.1 Å². The SMILES string of the molecule is CCNc1nc(N)n(-c2cc(C)ccn2)n1. The second-order valence-corrected chi connectivity index (χ2v) is 3.43. The van der Waals surface area contributed by atoms with Crippen LogP contribution in [0.1, 0.15) is 12.5 Å². The summed E-state index contributed by atoms with van der Waals surface area (Å²) >= 11 is 0. The van der Waals surface area contributed by atoms with Crippen LogP contribution in [-0.2, 0) is 0 Å². The molecule has 0 aliphatic heterocycles. The van der Waals surface area contributed by atoms with E-state index in [1.807, 2.05) is 26.0 Å². The summed E-state index contributed by atoms with van der Waals surface area (Å²) in [5.41, 5.74) is 6.86. The fourth-order valence-electron chi connectivity index (χ4n) is 1.36. The summed E-state index contributed by atoms with van der Waals surface area (Å²) in [6.45, 7) is 4.72. The molecule has 0 amide bonds. The molecule has 0 bridgehead atoms. The number of aromatic nitrogens is 4. The van der Waals surface area contributed by atoms with Gasteiger partial charge in [0, 0.05) is 12.7 Å². The van der Waals surface area contributed by atoms with Gasteiger partial charge >= 0.3 is 0 Å². The number of nitrogens with one attached hydrogen (secondary N) is 1. The normalized spacial score (nSPS) is 10.4. The van der Waals surface area contributed by atoms with Gasteiger partial charge in [-0.05, 0) is 31.5 Å². The summed E-state index contributed by atoms with van der Waals surface area (Å²) in [6, 6.07) is 3.82. The van der Waals surface area contributed by atoms with Crippen LogP contribution in [0.2, 0.25) is 0 Å². The Morgan fingerprint density at radius 2 is 2.31 bits per heavy atom. The van der Waals surface area contributed by atoms with Gasteiger partial charge in [0.05, 0.1) is 0 Å². The molecule has 0 aliphatic rings. The molecule has 2 heterocycles. The molecule has 6 heteroatoms. The summed E-state index contributed by atoms with van der Waals surface area (Å²) in [5, 5.41) is 7.22. The topological polar surface area (TPSA) is 81.6 Å². The molecule has 84 valence electrons. The first kappa shape index (κ1) is 10.4. The largest absolute Gasteiger partial charge is 0.368 e. The van der Waals surface area contributed by atoms with Gasteiger partial charge in [-0.25, -0.2) is 4.98 Å². The Bertz CT molecular complexity index is 490. The molecule has 0 atom stereocenters. The number of pyridine rings is 1. The quantitative estimate of drug-likeness (QED) is 0.802. The van der Waals surface area contributed by atoms with Gasteiger partial charge in [-0.15, -0.1) is 5.10 Å². The van der Waals surface area contributed by atoms with Gasteiger partial charge < -0.3 is 11.1 Å². The lowest BCUT2D eigenvalue weighted by Gasteiger charge is -2.01. The molecule has 2 aromatic heterocycles. The van der Waals surface area contributed by atoms with Crippen molar-refractivity contribution in [1.29, 1.82) is 0 Å². The summed E-state index contributed by atoms with van der Waals surface area (Å²) < 4.78 is 1.52. The number of nitrogen functional groups attached to an aromatic ring is 1. The maximum absolute atomic E-state index is 5.76. The smallest absolute Gasteiger partial charge is 0.244 e. The Hall–Kier alpha value is -2.11.